The number of amides is 1. The van der Waals surface area contributed by atoms with Gasteiger partial charge >= 0.3 is 0 Å². The van der Waals surface area contributed by atoms with Crippen molar-refractivity contribution in [2.24, 2.45) is 0 Å². The number of ether oxygens (including phenoxy) is 1. The lowest BCUT2D eigenvalue weighted by Crippen LogP contribution is -2.31. The van der Waals surface area contributed by atoms with Crippen molar-refractivity contribution >= 4 is 21.6 Å². The Morgan fingerprint density at radius 2 is 1.96 bits per heavy atom. The Morgan fingerprint density at radius 1 is 1.23 bits per heavy atom. The molecule has 0 radical (unpaired) electrons. The highest BCUT2D eigenvalue weighted by atomic mass is 32.2. The van der Waals surface area contributed by atoms with E-state index in [1.165, 1.54) is 12.8 Å². The summed E-state index contributed by atoms with van der Waals surface area (Å²) in [6.07, 6.45) is 6.53. The van der Waals surface area contributed by atoms with Crippen LogP contribution in [0.5, 0.6) is 5.75 Å². The molecule has 0 spiro atoms. The Hall–Kier alpha value is -1.60. The second kappa shape index (κ2) is 9.92. The minimum Gasteiger partial charge on any atom is -0.490 e. The van der Waals surface area contributed by atoms with Gasteiger partial charge in [0, 0.05) is 24.7 Å². The van der Waals surface area contributed by atoms with Gasteiger partial charge in [-0.1, -0.05) is 6.07 Å². The van der Waals surface area contributed by atoms with Crippen LogP contribution in [0.3, 0.4) is 0 Å². The van der Waals surface area contributed by atoms with Gasteiger partial charge in [-0.25, -0.2) is 13.1 Å². The van der Waals surface area contributed by atoms with Crippen molar-refractivity contribution in [1.82, 2.24) is 4.72 Å². The van der Waals surface area contributed by atoms with Crippen LogP contribution in [0.2, 0.25) is 0 Å². The van der Waals surface area contributed by atoms with Crippen LogP contribution in [0.1, 0.15) is 58.8 Å². The van der Waals surface area contributed by atoms with Crippen molar-refractivity contribution in [2.45, 2.75) is 70.1 Å². The molecule has 0 bridgehead atoms. The predicted octanol–water partition coefficient (Wildman–Crippen LogP) is 3.44. The van der Waals surface area contributed by atoms with Crippen LogP contribution in [-0.2, 0) is 14.8 Å². The van der Waals surface area contributed by atoms with Gasteiger partial charge in [0.05, 0.1) is 11.4 Å². The van der Waals surface area contributed by atoms with Crippen LogP contribution in [0.25, 0.3) is 0 Å². The molecule has 1 aromatic rings. The normalized spacial score (nSPS) is 15.3. The van der Waals surface area contributed by atoms with Crippen LogP contribution < -0.4 is 14.8 Å². The molecule has 1 fully saturated rings. The first-order valence-corrected chi connectivity index (χ1v) is 11.0. The number of hydrogen-bond donors (Lipinski definition) is 2. The zero-order valence-corrected chi connectivity index (χ0v) is 16.5. The summed E-state index contributed by atoms with van der Waals surface area (Å²) in [5, 5.41) is 2.43. The monoisotopic (exact) mass is 382 g/mol. The van der Waals surface area contributed by atoms with Crippen molar-refractivity contribution in [1.29, 1.82) is 0 Å². The van der Waals surface area contributed by atoms with Crippen molar-refractivity contribution in [3.8, 4) is 5.75 Å². The molecule has 1 aromatic carbocycles. The van der Waals surface area contributed by atoms with Crippen LogP contribution in [0.15, 0.2) is 24.3 Å². The topological polar surface area (TPSA) is 84.5 Å². The third kappa shape index (κ3) is 6.96. The van der Waals surface area contributed by atoms with E-state index in [9.17, 15) is 13.2 Å². The van der Waals surface area contributed by atoms with E-state index in [0.717, 1.165) is 24.3 Å². The summed E-state index contributed by atoms with van der Waals surface area (Å²) in [7, 11) is -3.23. The molecule has 26 heavy (non-hydrogen) atoms. The summed E-state index contributed by atoms with van der Waals surface area (Å²) in [6, 6.07) is 7.48. The number of unbranched alkanes of at least 4 members (excludes halogenated alkanes) is 1. The highest BCUT2D eigenvalue weighted by molar-refractivity contribution is 7.90. The minimum absolute atomic E-state index is 0.0743. The first-order valence-electron chi connectivity index (χ1n) is 9.42. The van der Waals surface area contributed by atoms with Gasteiger partial charge in [-0.3, -0.25) is 4.79 Å². The molecule has 0 aliphatic heterocycles. The average molecular weight is 383 g/mol. The van der Waals surface area contributed by atoms with Gasteiger partial charge in [-0.15, -0.1) is 0 Å². The Bertz CT molecular complexity index is 683. The maximum atomic E-state index is 12.0. The number of anilines is 1. The van der Waals surface area contributed by atoms with Gasteiger partial charge in [0.15, 0.2) is 0 Å². The molecule has 1 amide bonds. The number of benzene rings is 1. The van der Waals surface area contributed by atoms with Gasteiger partial charge in [0.25, 0.3) is 0 Å². The highest BCUT2D eigenvalue weighted by Gasteiger charge is 2.17. The van der Waals surface area contributed by atoms with Gasteiger partial charge in [-0.05, 0) is 64.5 Å². The molecule has 1 saturated carbocycles. The number of carbonyl (C=O) groups is 1. The lowest BCUT2D eigenvalue weighted by Gasteiger charge is -2.14. The van der Waals surface area contributed by atoms with Crippen LogP contribution in [0, 0.1) is 0 Å². The van der Waals surface area contributed by atoms with E-state index in [1.54, 1.807) is 13.8 Å². The Kier molecular flexibility index (Phi) is 7.90. The fraction of sp³-hybridized carbons (Fsp3) is 0.632. The summed E-state index contributed by atoms with van der Waals surface area (Å²) >= 11 is 0. The molecule has 2 N–H and O–H groups in total. The van der Waals surface area contributed by atoms with Crippen LogP contribution in [-0.4, -0.2) is 32.2 Å². The fourth-order valence-electron chi connectivity index (χ4n) is 2.86. The van der Waals surface area contributed by atoms with Crippen LogP contribution in [0.4, 0.5) is 5.69 Å². The molecular formula is C19H30N2O4S. The van der Waals surface area contributed by atoms with E-state index in [1.807, 2.05) is 24.3 Å². The summed E-state index contributed by atoms with van der Waals surface area (Å²) in [4.78, 5) is 12.0. The average Bonchev–Trinajstić information content (AvgIpc) is 3.07. The lowest BCUT2D eigenvalue weighted by atomic mass is 10.2. The number of sulfonamides is 1. The van der Waals surface area contributed by atoms with Crippen LogP contribution >= 0.6 is 0 Å². The summed E-state index contributed by atoms with van der Waals surface area (Å²) in [5.74, 6) is 0.715. The zero-order valence-electron chi connectivity index (χ0n) is 15.7. The molecule has 0 atom stereocenters. The van der Waals surface area contributed by atoms with E-state index >= 15 is 0 Å². The molecule has 7 heteroatoms. The number of carbonyl (C=O) groups excluding carboxylic acids is 1. The third-order valence-electron chi connectivity index (χ3n) is 4.48. The van der Waals surface area contributed by atoms with Gasteiger partial charge < -0.3 is 10.1 Å². The van der Waals surface area contributed by atoms with E-state index in [-0.39, 0.29) is 12.0 Å². The molecule has 1 aliphatic carbocycles. The Labute approximate surface area is 156 Å². The Balaban J connectivity index is 1.69. The van der Waals surface area contributed by atoms with E-state index in [0.29, 0.717) is 25.8 Å². The molecule has 0 saturated heterocycles. The molecule has 0 heterocycles. The second-order valence-electron chi connectivity index (χ2n) is 7.05. The molecule has 2 rings (SSSR count). The SMILES string of the molecule is CC(C)S(=O)(=O)NCCCCC(=O)Nc1cccc(OC2CCCC2)c1. The third-order valence-corrected chi connectivity index (χ3v) is 6.32. The fourth-order valence-corrected chi connectivity index (χ4v) is 3.62. The molecule has 0 unspecified atom stereocenters. The molecule has 6 nitrogen and oxygen atoms in total. The highest BCUT2D eigenvalue weighted by Crippen LogP contribution is 2.25. The van der Waals surface area contributed by atoms with Gasteiger partial charge in [-0.2, -0.15) is 0 Å². The van der Waals surface area contributed by atoms with Crippen molar-refractivity contribution in [3.63, 3.8) is 0 Å². The van der Waals surface area contributed by atoms with E-state index in [2.05, 4.69) is 10.0 Å². The maximum absolute atomic E-state index is 12.0. The molecular weight excluding hydrogens is 352 g/mol. The van der Waals surface area contributed by atoms with Crippen molar-refractivity contribution < 1.29 is 17.9 Å². The number of hydrogen-bond acceptors (Lipinski definition) is 4. The van der Waals surface area contributed by atoms with E-state index in [4.69, 9.17) is 4.74 Å². The maximum Gasteiger partial charge on any atom is 0.224 e. The smallest absolute Gasteiger partial charge is 0.224 e. The number of rotatable bonds is 10. The standard InChI is InChI=1S/C19H30N2O4S/c1-15(2)26(23,24)20-13-6-5-12-19(22)21-16-8-7-11-18(14-16)25-17-9-3-4-10-17/h7-8,11,14-15,17,20H,3-6,9-10,12-13H2,1-2H3,(H,21,22). The molecule has 1 aliphatic rings. The minimum atomic E-state index is -3.23. The summed E-state index contributed by atoms with van der Waals surface area (Å²) in [5.41, 5.74) is 0.728. The number of nitrogens with one attached hydrogen (secondary N) is 2. The van der Waals surface area contributed by atoms with Crippen molar-refractivity contribution in [3.05, 3.63) is 24.3 Å². The Morgan fingerprint density at radius 3 is 2.65 bits per heavy atom. The summed E-state index contributed by atoms with van der Waals surface area (Å²) < 4.78 is 31.7. The first-order chi connectivity index (χ1) is 12.4. The van der Waals surface area contributed by atoms with Gasteiger partial charge in [0.1, 0.15) is 5.75 Å². The van der Waals surface area contributed by atoms with Gasteiger partial charge in [0.2, 0.25) is 15.9 Å². The summed E-state index contributed by atoms with van der Waals surface area (Å²) in [6.45, 7) is 3.64. The molecule has 0 aromatic heterocycles. The first kappa shape index (κ1) is 20.7. The largest absolute Gasteiger partial charge is 0.490 e. The zero-order chi connectivity index (χ0) is 19.0. The lowest BCUT2D eigenvalue weighted by molar-refractivity contribution is -0.116. The van der Waals surface area contributed by atoms with E-state index < -0.39 is 15.3 Å². The van der Waals surface area contributed by atoms with Crippen molar-refractivity contribution in [2.75, 3.05) is 11.9 Å². The quantitative estimate of drug-likeness (QED) is 0.607. The molecule has 146 valence electrons. The second-order valence-corrected chi connectivity index (χ2v) is 9.37. The predicted molar refractivity (Wildman–Crippen MR) is 104 cm³/mol.